The molecule has 1 nitrogen and oxygen atoms in total. The average Bonchev–Trinajstić information content (AvgIpc) is 2.11. The molecule has 14 heavy (non-hydrogen) atoms. The van der Waals surface area contributed by atoms with E-state index in [-0.39, 0.29) is 0 Å². The van der Waals surface area contributed by atoms with Gasteiger partial charge in [0, 0.05) is 5.56 Å². The van der Waals surface area contributed by atoms with Crippen LogP contribution in [0.15, 0.2) is 0 Å². The zero-order valence-corrected chi connectivity index (χ0v) is 8.31. The molecule has 1 rings (SSSR count). The van der Waals surface area contributed by atoms with Crippen LogP contribution in [-0.2, 0) is 0 Å². The SMILES string of the molecule is Cc1c(F)c(F)c(C(=O)Cl)c(Cl)c1F. The molecule has 0 aliphatic heterocycles. The molecule has 1 aromatic carbocycles. The van der Waals surface area contributed by atoms with Crippen LogP contribution in [0.2, 0.25) is 5.02 Å². The van der Waals surface area contributed by atoms with Crippen LogP contribution in [-0.4, -0.2) is 5.24 Å². The average molecular weight is 243 g/mol. The predicted molar refractivity (Wildman–Crippen MR) is 46.2 cm³/mol. The van der Waals surface area contributed by atoms with Crippen molar-refractivity contribution in [2.45, 2.75) is 6.92 Å². The Kier molecular flexibility index (Phi) is 3.07. The third-order valence-electron chi connectivity index (χ3n) is 1.68. The lowest BCUT2D eigenvalue weighted by Gasteiger charge is -2.06. The maximum Gasteiger partial charge on any atom is 0.257 e. The fourth-order valence-electron chi connectivity index (χ4n) is 0.914. The zero-order chi connectivity index (χ0) is 11.0. The predicted octanol–water partition coefficient (Wildman–Crippen LogP) is 3.44. The van der Waals surface area contributed by atoms with E-state index >= 15 is 0 Å². The summed E-state index contributed by atoms with van der Waals surface area (Å²) in [6, 6.07) is 0. The van der Waals surface area contributed by atoms with Crippen LogP contribution in [0, 0.1) is 24.4 Å². The second kappa shape index (κ2) is 3.79. The minimum absolute atomic E-state index is 0.589. The van der Waals surface area contributed by atoms with Gasteiger partial charge in [0.15, 0.2) is 11.6 Å². The van der Waals surface area contributed by atoms with E-state index in [0.29, 0.717) is 0 Å². The van der Waals surface area contributed by atoms with Crippen LogP contribution in [0.1, 0.15) is 15.9 Å². The molecule has 0 bridgehead atoms. The molecule has 0 atom stereocenters. The summed E-state index contributed by atoms with van der Waals surface area (Å²) in [5.74, 6) is -4.18. The minimum Gasteiger partial charge on any atom is -0.275 e. The summed E-state index contributed by atoms with van der Waals surface area (Å²) >= 11 is 10.2. The molecule has 0 aromatic heterocycles. The van der Waals surface area contributed by atoms with E-state index in [2.05, 4.69) is 0 Å². The first-order chi connectivity index (χ1) is 6.37. The lowest BCUT2D eigenvalue weighted by molar-refractivity contribution is 0.107. The zero-order valence-electron chi connectivity index (χ0n) is 6.80. The topological polar surface area (TPSA) is 17.1 Å². The molecule has 1 aromatic rings. The van der Waals surface area contributed by atoms with Gasteiger partial charge >= 0.3 is 0 Å². The molecule has 0 saturated carbocycles. The van der Waals surface area contributed by atoms with Gasteiger partial charge in [-0.15, -0.1) is 0 Å². The van der Waals surface area contributed by atoms with E-state index in [0.717, 1.165) is 6.92 Å². The largest absolute Gasteiger partial charge is 0.275 e. The van der Waals surface area contributed by atoms with E-state index < -0.39 is 38.8 Å². The van der Waals surface area contributed by atoms with Crippen LogP contribution in [0.3, 0.4) is 0 Å². The van der Waals surface area contributed by atoms with Crippen molar-refractivity contribution in [3.63, 3.8) is 0 Å². The summed E-state index contributed by atoms with van der Waals surface area (Å²) in [7, 11) is 0. The molecule has 0 heterocycles. The van der Waals surface area contributed by atoms with Crippen LogP contribution >= 0.6 is 23.2 Å². The van der Waals surface area contributed by atoms with Crippen molar-refractivity contribution in [2.75, 3.05) is 0 Å². The molecule has 0 saturated heterocycles. The lowest BCUT2D eigenvalue weighted by Crippen LogP contribution is -2.05. The summed E-state index contributed by atoms with van der Waals surface area (Å²) in [5.41, 5.74) is -1.57. The van der Waals surface area contributed by atoms with Gasteiger partial charge in [-0.2, -0.15) is 0 Å². The molecular formula is C8H3Cl2F3O. The van der Waals surface area contributed by atoms with Crippen LogP contribution in [0.25, 0.3) is 0 Å². The monoisotopic (exact) mass is 242 g/mol. The highest BCUT2D eigenvalue weighted by atomic mass is 35.5. The van der Waals surface area contributed by atoms with Crippen molar-refractivity contribution in [3.8, 4) is 0 Å². The standard InChI is InChI=1S/C8H3Cl2F3O/c1-2-5(11)4(9)3(8(10)14)7(13)6(2)12/h1H3. The molecule has 0 aliphatic rings. The molecule has 0 N–H and O–H groups in total. The van der Waals surface area contributed by atoms with Gasteiger partial charge in [0.05, 0.1) is 10.6 Å². The van der Waals surface area contributed by atoms with Gasteiger partial charge < -0.3 is 0 Å². The lowest BCUT2D eigenvalue weighted by atomic mass is 10.1. The Morgan fingerprint density at radius 1 is 1.14 bits per heavy atom. The Balaban J connectivity index is 3.68. The Morgan fingerprint density at radius 3 is 2.07 bits per heavy atom. The minimum atomic E-state index is -1.53. The van der Waals surface area contributed by atoms with Crippen LogP contribution in [0.5, 0.6) is 0 Å². The highest BCUT2D eigenvalue weighted by Gasteiger charge is 2.24. The second-order valence-corrected chi connectivity index (χ2v) is 3.25. The molecule has 0 unspecified atom stereocenters. The molecule has 6 heteroatoms. The van der Waals surface area contributed by atoms with Gasteiger partial charge in [-0.05, 0) is 18.5 Å². The summed E-state index contributed by atoms with van der Waals surface area (Å²) in [5, 5.41) is -2.15. The number of hydrogen-bond donors (Lipinski definition) is 0. The maximum absolute atomic E-state index is 13.0. The van der Waals surface area contributed by atoms with Crippen molar-refractivity contribution in [1.29, 1.82) is 0 Å². The van der Waals surface area contributed by atoms with Crippen LogP contribution in [0.4, 0.5) is 13.2 Å². The van der Waals surface area contributed by atoms with Crippen LogP contribution < -0.4 is 0 Å². The van der Waals surface area contributed by atoms with E-state index in [1.165, 1.54) is 0 Å². The quantitative estimate of drug-likeness (QED) is 0.545. The maximum atomic E-state index is 13.0. The van der Waals surface area contributed by atoms with Gasteiger partial charge in [0.2, 0.25) is 0 Å². The highest BCUT2D eigenvalue weighted by Crippen LogP contribution is 2.29. The summed E-state index contributed by atoms with van der Waals surface area (Å²) in [6.07, 6.45) is 0. The van der Waals surface area contributed by atoms with Gasteiger partial charge in [0.1, 0.15) is 5.82 Å². The number of carbonyl (C=O) groups excluding carboxylic acids is 1. The molecule has 0 radical (unpaired) electrons. The highest BCUT2D eigenvalue weighted by molar-refractivity contribution is 6.68. The van der Waals surface area contributed by atoms with E-state index in [4.69, 9.17) is 23.2 Å². The molecule has 0 fully saturated rings. The Labute approximate surface area is 87.4 Å². The molecule has 0 amide bonds. The second-order valence-electron chi connectivity index (χ2n) is 2.53. The Bertz CT molecular complexity index is 389. The third-order valence-corrected chi connectivity index (χ3v) is 2.22. The number of benzene rings is 1. The van der Waals surface area contributed by atoms with Gasteiger partial charge in [0.25, 0.3) is 5.24 Å². The Morgan fingerprint density at radius 2 is 1.64 bits per heavy atom. The fraction of sp³-hybridized carbons (Fsp3) is 0.125. The first-order valence-electron chi connectivity index (χ1n) is 3.40. The third kappa shape index (κ3) is 1.60. The van der Waals surface area contributed by atoms with Crippen molar-refractivity contribution in [1.82, 2.24) is 0 Å². The Hall–Kier alpha value is -0.740. The summed E-state index contributed by atoms with van der Waals surface area (Å²) < 4.78 is 39.0. The normalized spacial score (nSPS) is 10.4. The first-order valence-corrected chi connectivity index (χ1v) is 4.15. The van der Waals surface area contributed by atoms with E-state index in [9.17, 15) is 18.0 Å². The van der Waals surface area contributed by atoms with Gasteiger partial charge in [-0.25, -0.2) is 13.2 Å². The molecule has 76 valence electrons. The van der Waals surface area contributed by atoms with E-state index in [1.807, 2.05) is 0 Å². The number of rotatable bonds is 1. The molecular weight excluding hydrogens is 240 g/mol. The van der Waals surface area contributed by atoms with Crippen molar-refractivity contribution >= 4 is 28.4 Å². The smallest absolute Gasteiger partial charge is 0.257 e. The first kappa shape index (κ1) is 11.3. The van der Waals surface area contributed by atoms with Crippen molar-refractivity contribution in [3.05, 3.63) is 33.6 Å². The van der Waals surface area contributed by atoms with Gasteiger partial charge in [-0.1, -0.05) is 11.6 Å². The fourth-order valence-corrected chi connectivity index (χ4v) is 1.45. The van der Waals surface area contributed by atoms with Crippen molar-refractivity contribution < 1.29 is 18.0 Å². The molecule has 0 aliphatic carbocycles. The number of carbonyl (C=O) groups is 1. The summed E-state index contributed by atoms with van der Waals surface area (Å²) in [4.78, 5) is 10.6. The summed E-state index contributed by atoms with van der Waals surface area (Å²) in [6.45, 7) is 1.00. The number of hydrogen-bond acceptors (Lipinski definition) is 1. The van der Waals surface area contributed by atoms with Crippen molar-refractivity contribution in [2.24, 2.45) is 0 Å². The number of halogens is 5. The van der Waals surface area contributed by atoms with Gasteiger partial charge in [-0.3, -0.25) is 4.79 Å². The van der Waals surface area contributed by atoms with E-state index in [1.54, 1.807) is 0 Å². The molecule has 0 spiro atoms.